The summed E-state index contributed by atoms with van der Waals surface area (Å²) in [6, 6.07) is 7.61. The lowest BCUT2D eigenvalue weighted by Gasteiger charge is -2.21. The van der Waals surface area contributed by atoms with E-state index in [4.69, 9.17) is 18.9 Å². The van der Waals surface area contributed by atoms with Crippen LogP contribution in [-0.4, -0.2) is 38.4 Å². The molecule has 0 saturated carbocycles. The smallest absolute Gasteiger partial charge is 0.305 e. The van der Waals surface area contributed by atoms with Crippen molar-refractivity contribution in [3.8, 4) is 5.75 Å². The van der Waals surface area contributed by atoms with Gasteiger partial charge in [-0.25, -0.2) is 0 Å². The van der Waals surface area contributed by atoms with Crippen molar-refractivity contribution in [2.24, 2.45) is 0 Å². The Balaban J connectivity index is 2.61. The number of hydrogen-bond donors (Lipinski definition) is 0. The van der Waals surface area contributed by atoms with Gasteiger partial charge in [-0.05, 0) is 32.3 Å². The average Bonchev–Trinajstić information content (AvgIpc) is 2.68. The Morgan fingerprint density at radius 2 is 1.74 bits per heavy atom. The van der Waals surface area contributed by atoms with E-state index < -0.39 is 0 Å². The van der Waals surface area contributed by atoms with Crippen LogP contribution in [0.25, 0.3) is 0 Å². The number of ether oxygens (including phenoxy) is 4. The van der Waals surface area contributed by atoms with Crippen molar-refractivity contribution >= 4 is 11.9 Å². The summed E-state index contributed by atoms with van der Waals surface area (Å²) in [6.07, 6.45) is 2.70. The summed E-state index contributed by atoms with van der Waals surface area (Å²) in [4.78, 5) is 22.9. The van der Waals surface area contributed by atoms with Crippen LogP contribution >= 0.6 is 0 Å². The summed E-state index contributed by atoms with van der Waals surface area (Å²) in [5, 5.41) is 0. The molecule has 1 atom stereocenters. The van der Waals surface area contributed by atoms with Crippen LogP contribution in [0.4, 0.5) is 0 Å². The van der Waals surface area contributed by atoms with E-state index in [1.165, 1.54) is 0 Å². The molecule has 0 bridgehead atoms. The van der Waals surface area contributed by atoms with Crippen LogP contribution in [0.2, 0.25) is 0 Å². The van der Waals surface area contributed by atoms with Gasteiger partial charge < -0.3 is 18.9 Å². The number of hydrogen-bond acceptors (Lipinski definition) is 6. The third-order valence-electron chi connectivity index (χ3n) is 3.81. The van der Waals surface area contributed by atoms with Crippen molar-refractivity contribution in [2.75, 3.05) is 26.4 Å². The summed E-state index contributed by atoms with van der Waals surface area (Å²) in [5.41, 5.74) is 0.861. The second-order valence-corrected chi connectivity index (χ2v) is 6.04. The van der Waals surface area contributed by atoms with Crippen molar-refractivity contribution in [1.82, 2.24) is 0 Å². The Labute approximate surface area is 162 Å². The van der Waals surface area contributed by atoms with Crippen molar-refractivity contribution in [3.63, 3.8) is 0 Å². The van der Waals surface area contributed by atoms with Gasteiger partial charge in [0.25, 0.3) is 0 Å². The standard InChI is InChI=1S/C21H32O6/c1-4-14-25-19(16-27-20(22)5-2)17-11-7-8-12-18(17)26-15-10-9-13-21(23)24-6-3/h7-8,11-12,19H,4-6,9-10,13-16H2,1-3H3. The monoisotopic (exact) mass is 380 g/mol. The van der Waals surface area contributed by atoms with Gasteiger partial charge in [0.15, 0.2) is 0 Å². The fraction of sp³-hybridized carbons (Fsp3) is 0.619. The molecule has 0 aliphatic carbocycles. The van der Waals surface area contributed by atoms with Crippen molar-refractivity contribution in [2.45, 2.75) is 59.0 Å². The van der Waals surface area contributed by atoms with E-state index in [2.05, 4.69) is 0 Å². The highest BCUT2D eigenvalue weighted by Crippen LogP contribution is 2.28. The molecule has 1 unspecified atom stereocenters. The lowest BCUT2D eigenvalue weighted by molar-refractivity contribution is -0.148. The Hall–Kier alpha value is -2.08. The first-order chi connectivity index (χ1) is 13.1. The predicted molar refractivity (Wildman–Crippen MR) is 103 cm³/mol. The van der Waals surface area contributed by atoms with Gasteiger partial charge in [-0.2, -0.15) is 0 Å². The lowest BCUT2D eigenvalue weighted by atomic mass is 10.1. The van der Waals surface area contributed by atoms with Gasteiger partial charge in [-0.1, -0.05) is 32.0 Å². The van der Waals surface area contributed by atoms with E-state index in [9.17, 15) is 9.59 Å². The molecule has 0 amide bonds. The zero-order valence-electron chi connectivity index (χ0n) is 16.7. The van der Waals surface area contributed by atoms with Gasteiger partial charge in [-0.15, -0.1) is 0 Å². The maximum Gasteiger partial charge on any atom is 0.305 e. The van der Waals surface area contributed by atoms with Crippen molar-refractivity contribution in [1.29, 1.82) is 0 Å². The molecule has 6 nitrogen and oxygen atoms in total. The SMILES string of the molecule is CCCOC(COC(=O)CC)c1ccccc1OCCCCC(=O)OCC. The first-order valence-electron chi connectivity index (χ1n) is 9.76. The Kier molecular flexibility index (Phi) is 11.9. The molecule has 0 aliphatic rings. The molecule has 6 heteroatoms. The first-order valence-corrected chi connectivity index (χ1v) is 9.76. The zero-order valence-corrected chi connectivity index (χ0v) is 16.7. The molecule has 0 spiro atoms. The highest BCUT2D eigenvalue weighted by molar-refractivity contribution is 5.69. The van der Waals surface area contributed by atoms with E-state index >= 15 is 0 Å². The zero-order chi connectivity index (χ0) is 19.9. The molecular formula is C21H32O6. The molecule has 0 fully saturated rings. The summed E-state index contributed by atoms with van der Waals surface area (Å²) in [6.45, 7) is 7.22. The molecule has 1 rings (SSSR count). The highest BCUT2D eigenvalue weighted by atomic mass is 16.6. The van der Waals surface area contributed by atoms with Crippen LogP contribution in [-0.2, 0) is 23.8 Å². The van der Waals surface area contributed by atoms with Gasteiger partial charge >= 0.3 is 11.9 Å². The van der Waals surface area contributed by atoms with E-state index in [0.29, 0.717) is 44.8 Å². The van der Waals surface area contributed by atoms with E-state index in [1.54, 1.807) is 13.8 Å². The Morgan fingerprint density at radius 1 is 0.963 bits per heavy atom. The molecule has 1 aromatic carbocycles. The summed E-state index contributed by atoms with van der Waals surface area (Å²) in [7, 11) is 0. The van der Waals surface area contributed by atoms with Crippen LogP contribution < -0.4 is 4.74 Å². The Morgan fingerprint density at radius 3 is 2.44 bits per heavy atom. The summed E-state index contributed by atoms with van der Waals surface area (Å²) >= 11 is 0. The number of unbranched alkanes of at least 4 members (excludes halogenated alkanes) is 1. The number of para-hydroxylation sites is 1. The topological polar surface area (TPSA) is 71.1 Å². The van der Waals surface area contributed by atoms with Crippen LogP contribution in [0.1, 0.15) is 64.5 Å². The van der Waals surface area contributed by atoms with Crippen molar-refractivity contribution in [3.05, 3.63) is 29.8 Å². The molecule has 0 aromatic heterocycles. The summed E-state index contributed by atoms with van der Waals surface area (Å²) in [5.74, 6) is 0.281. The van der Waals surface area contributed by atoms with Gasteiger partial charge in [0, 0.05) is 25.0 Å². The maximum absolute atomic E-state index is 11.5. The number of benzene rings is 1. The molecule has 0 heterocycles. The van der Waals surface area contributed by atoms with Gasteiger partial charge in [0.1, 0.15) is 18.5 Å². The molecule has 0 N–H and O–H groups in total. The molecule has 152 valence electrons. The van der Waals surface area contributed by atoms with Crippen LogP contribution in [0.5, 0.6) is 5.75 Å². The molecular weight excluding hydrogens is 348 g/mol. The second kappa shape index (κ2) is 14.0. The fourth-order valence-electron chi connectivity index (χ4n) is 2.42. The van der Waals surface area contributed by atoms with Crippen LogP contribution in [0.3, 0.4) is 0 Å². The minimum absolute atomic E-state index is 0.163. The average molecular weight is 380 g/mol. The highest BCUT2D eigenvalue weighted by Gasteiger charge is 2.18. The molecule has 0 saturated heterocycles. The maximum atomic E-state index is 11.5. The minimum atomic E-state index is -0.365. The fourth-order valence-corrected chi connectivity index (χ4v) is 2.42. The second-order valence-electron chi connectivity index (χ2n) is 6.04. The van der Waals surface area contributed by atoms with Gasteiger partial charge in [0.05, 0.1) is 13.2 Å². The van der Waals surface area contributed by atoms with E-state index in [0.717, 1.165) is 18.4 Å². The predicted octanol–water partition coefficient (Wildman–Crippen LogP) is 4.22. The number of esters is 2. The molecule has 0 radical (unpaired) electrons. The quantitative estimate of drug-likeness (QED) is 0.355. The third-order valence-corrected chi connectivity index (χ3v) is 3.81. The lowest BCUT2D eigenvalue weighted by Crippen LogP contribution is -2.17. The first kappa shape index (κ1) is 23.0. The van der Waals surface area contributed by atoms with Crippen molar-refractivity contribution < 1.29 is 28.5 Å². The number of rotatable bonds is 14. The number of carbonyl (C=O) groups is 2. The van der Waals surface area contributed by atoms with Crippen LogP contribution in [0.15, 0.2) is 24.3 Å². The largest absolute Gasteiger partial charge is 0.493 e. The van der Waals surface area contributed by atoms with E-state index in [1.807, 2.05) is 31.2 Å². The summed E-state index contributed by atoms with van der Waals surface area (Å²) < 4.78 is 22.0. The normalized spacial score (nSPS) is 11.7. The Bertz CT molecular complexity index is 557. The molecule has 0 aliphatic heterocycles. The minimum Gasteiger partial charge on any atom is -0.493 e. The van der Waals surface area contributed by atoms with Crippen LogP contribution in [0, 0.1) is 0 Å². The third kappa shape index (κ3) is 9.43. The van der Waals surface area contributed by atoms with Gasteiger partial charge in [0.2, 0.25) is 0 Å². The van der Waals surface area contributed by atoms with Gasteiger partial charge in [-0.3, -0.25) is 9.59 Å². The number of carbonyl (C=O) groups excluding carboxylic acids is 2. The molecule has 1 aromatic rings. The molecule has 27 heavy (non-hydrogen) atoms. The van der Waals surface area contributed by atoms with E-state index in [-0.39, 0.29) is 24.6 Å².